The number of benzene rings is 4. The Kier molecular flexibility index (Phi) is 9.28. The summed E-state index contributed by atoms with van der Waals surface area (Å²) in [5, 5.41) is 10.0. The van der Waals surface area contributed by atoms with Gasteiger partial charge in [0.15, 0.2) is 11.5 Å². The number of carbonyl (C=O) groups is 1. The molecule has 1 heterocycles. The van der Waals surface area contributed by atoms with Crippen LogP contribution in [0.1, 0.15) is 60.3 Å². The van der Waals surface area contributed by atoms with Crippen LogP contribution < -0.4 is 24.7 Å². The third kappa shape index (κ3) is 6.49. The molecule has 4 aromatic rings. The van der Waals surface area contributed by atoms with Crippen LogP contribution in [0, 0.1) is 11.3 Å². The van der Waals surface area contributed by atoms with Gasteiger partial charge in [0.05, 0.1) is 19.6 Å². The first-order valence-corrected chi connectivity index (χ1v) is 14.4. The number of unbranched alkanes of at least 4 members (excludes halogenated alkanes) is 2. The number of ether oxygens (including phenoxy) is 4. The molecular weight excluding hydrogens is 540 g/mol. The lowest BCUT2D eigenvalue weighted by atomic mass is 9.83. The first-order chi connectivity index (χ1) is 21.0. The zero-order valence-electron chi connectivity index (χ0n) is 24.3. The van der Waals surface area contributed by atoms with E-state index < -0.39 is 17.8 Å². The molecule has 218 valence electrons. The fourth-order valence-corrected chi connectivity index (χ4v) is 5.29. The Labute approximate surface area is 252 Å². The number of esters is 1. The zero-order valence-corrected chi connectivity index (χ0v) is 24.3. The molecule has 4 aromatic carbocycles. The van der Waals surface area contributed by atoms with Crippen LogP contribution in [0.15, 0.2) is 109 Å². The minimum absolute atomic E-state index is 0.00576. The molecule has 0 saturated carbocycles. The number of carbonyl (C=O) groups excluding carboxylic acids is 1. The second-order valence-electron chi connectivity index (χ2n) is 10.3. The van der Waals surface area contributed by atoms with Crippen LogP contribution >= 0.6 is 0 Å². The van der Waals surface area contributed by atoms with Crippen molar-refractivity contribution >= 4 is 5.97 Å². The fourth-order valence-electron chi connectivity index (χ4n) is 5.29. The number of hydrogen-bond donors (Lipinski definition) is 1. The Morgan fingerprint density at radius 1 is 0.930 bits per heavy atom. The topological polar surface area (TPSA) is 104 Å². The van der Waals surface area contributed by atoms with E-state index >= 15 is 0 Å². The van der Waals surface area contributed by atoms with E-state index in [0.29, 0.717) is 35.2 Å². The molecule has 0 bridgehead atoms. The molecule has 0 aromatic heterocycles. The lowest BCUT2D eigenvalue weighted by Crippen LogP contribution is -2.22. The number of methoxy groups -OCH3 is 1. The third-order valence-corrected chi connectivity index (χ3v) is 7.44. The summed E-state index contributed by atoms with van der Waals surface area (Å²) in [6.45, 7) is 2.74. The van der Waals surface area contributed by atoms with Crippen molar-refractivity contribution in [2.24, 2.45) is 5.73 Å². The number of nitrogens with zero attached hydrogens (tertiary/aromatic N) is 1. The van der Waals surface area contributed by atoms with Gasteiger partial charge in [0.2, 0.25) is 5.88 Å². The molecule has 0 radical (unpaired) electrons. The molecule has 2 N–H and O–H groups in total. The predicted octanol–water partition coefficient (Wildman–Crippen LogP) is 7.22. The fraction of sp³-hybridized carbons (Fsp3) is 0.222. The van der Waals surface area contributed by atoms with Crippen molar-refractivity contribution in [1.29, 1.82) is 5.26 Å². The molecule has 7 heteroatoms. The molecular formula is C36H34N2O5. The molecule has 1 aliphatic rings. The molecule has 0 amide bonds. The Morgan fingerprint density at radius 2 is 1.63 bits per heavy atom. The second kappa shape index (κ2) is 13.6. The van der Waals surface area contributed by atoms with Gasteiger partial charge in [-0.3, -0.25) is 4.79 Å². The van der Waals surface area contributed by atoms with Crippen LogP contribution in [0.2, 0.25) is 0 Å². The number of hydrogen-bond acceptors (Lipinski definition) is 7. The normalized spacial score (nSPS) is 14.0. The van der Waals surface area contributed by atoms with Crippen molar-refractivity contribution in [2.45, 2.75) is 38.0 Å². The first-order valence-electron chi connectivity index (χ1n) is 14.4. The Morgan fingerprint density at radius 3 is 2.26 bits per heavy atom. The molecule has 0 fully saturated rings. The molecule has 0 spiro atoms. The van der Waals surface area contributed by atoms with E-state index in [-0.39, 0.29) is 11.5 Å². The molecule has 43 heavy (non-hydrogen) atoms. The Bertz CT molecular complexity index is 1600. The lowest BCUT2D eigenvalue weighted by Gasteiger charge is -2.27. The monoisotopic (exact) mass is 574 g/mol. The number of allylic oxidation sites excluding steroid dienone is 1. The van der Waals surface area contributed by atoms with Crippen LogP contribution in [0.5, 0.6) is 23.0 Å². The summed E-state index contributed by atoms with van der Waals surface area (Å²) in [4.78, 5) is 13.6. The summed E-state index contributed by atoms with van der Waals surface area (Å²) in [7, 11) is 1.59. The maximum Gasteiger partial charge on any atom is 0.323 e. The molecule has 1 unspecified atom stereocenters. The van der Waals surface area contributed by atoms with Gasteiger partial charge in [-0.2, -0.15) is 5.26 Å². The maximum absolute atomic E-state index is 13.6. The summed E-state index contributed by atoms with van der Waals surface area (Å²) < 4.78 is 23.4. The number of nitriles is 1. The highest BCUT2D eigenvalue weighted by molar-refractivity contribution is 5.84. The molecule has 1 aliphatic heterocycles. The van der Waals surface area contributed by atoms with E-state index in [2.05, 4.69) is 13.0 Å². The largest absolute Gasteiger partial charge is 0.493 e. The van der Waals surface area contributed by atoms with Gasteiger partial charge in [0, 0.05) is 11.6 Å². The molecule has 7 nitrogen and oxygen atoms in total. The lowest BCUT2D eigenvalue weighted by molar-refractivity contribution is -0.135. The van der Waals surface area contributed by atoms with Crippen LogP contribution in [-0.2, 0) is 4.79 Å². The minimum Gasteiger partial charge on any atom is -0.493 e. The van der Waals surface area contributed by atoms with Crippen LogP contribution in [0.3, 0.4) is 0 Å². The van der Waals surface area contributed by atoms with Gasteiger partial charge in [-0.15, -0.1) is 0 Å². The Balaban J connectivity index is 1.44. The van der Waals surface area contributed by atoms with E-state index in [4.69, 9.17) is 24.7 Å². The van der Waals surface area contributed by atoms with Crippen LogP contribution in [0.25, 0.3) is 0 Å². The van der Waals surface area contributed by atoms with Gasteiger partial charge in [-0.1, -0.05) is 92.6 Å². The SMILES string of the molecule is CCCCCOc1ccc(C2C(C#N)=C(N)Oc3cc(OC(=O)C(c4ccccc4)c4ccccc4)ccc32)cc1OC. The molecule has 0 aliphatic carbocycles. The summed E-state index contributed by atoms with van der Waals surface area (Å²) >= 11 is 0. The van der Waals surface area contributed by atoms with Crippen molar-refractivity contribution in [3.8, 4) is 29.1 Å². The predicted molar refractivity (Wildman–Crippen MR) is 164 cm³/mol. The van der Waals surface area contributed by atoms with E-state index in [0.717, 1.165) is 36.0 Å². The van der Waals surface area contributed by atoms with Gasteiger partial charge in [-0.25, -0.2) is 0 Å². The summed E-state index contributed by atoms with van der Waals surface area (Å²) in [6.07, 6.45) is 3.15. The average Bonchev–Trinajstić information content (AvgIpc) is 3.03. The smallest absolute Gasteiger partial charge is 0.323 e. The zero-order chi connectivity index (χ0) is 30.2. The first kappa shape index (κ1) is 29.3. The highest BCUT2D eigenvalue weighted by Gasteiger charge is 2.32. The van der Waals surface area contributed by atoms with Gasteiger partial charge >= 0.3 is 5.97 Å². The summed E-state index contributed by atoms with van der Waals surface area (Å²) in [5.74, 6) is 0.358. The van der Waals surface area contributed by atoms with Gasteiger partial charge in [0.25, 0.3) is 0 Å². The molecule has 5 rings (SSSR count). The average molecular weight is 575 g/mol. The van der Waals surface area contributed by atoms with E-state index in [9.17, 15) is 10.1 Å². The number of nitrogens with two attached hydrogens (primary N) is 1. The van der Waals surface area contributed by atoms with Crippen molar-refractivity contribution in [1.82, 2.24) is 0 Å². The maximum atomic E-state index is 13.6. The van der Waals surface area contributed by atoms with Crippen molar-refractivity contribution in [3.63, 3.8) is 0 Å². The van der Waals surface area contributed by atoms with E-state index in [1.54, 1.807) is 25.3 Å². The van der Waals surface area contributed by atoms with Gasteiger partial charge in [0.1, 0.15) is 29.1 Å². The van der Waals surface area contributed by atoms with E-state index in [1.165, 1.54) is 0 Å². The van der Waals surface area contributed by atoms with Gasteiger partial charge in [-0.05, 0) is 41.3 Å². The number of rotatable bonds is 11. The van der Waals surface area contributed by atoms with Gasteiger partial charge < -0.3 is 24.7 Å². The highest BCUT2D eigenvalue weighted by atomic mass is 16.5. The highest BCUT2D eigenvalue weighted by Crippen LogP contribution is 2.45. The van der Waals surface area contributed by atoms with Crippen molar-refractivity contribution < 1.29 is 23.7 Å². The molecule has 0 saturated heterocycles. The quantitative estimate of drug-likeness (QED) is 0.115. The van der Waals surface area contributed by atoms with Crippen molar-refractivity contribution in [2.75, 3.05) is 13.7 Å². The standard InChI is InChI=1S/C36H34N2O5/c1-3-4-11-20-41-30-19-16-26(21-32(30)40-2)34-28-18-17-27(22-31(28)43-35(38)29(34)23-37)42-36(39)33(24-12-7-5-8-13-24)25-14-9-6-10-15-25/h5-10,12-19,21-22,33-34H,3-4,11,20,38H2,1-2H3. The Hall–Kier alpha value is -5.22. The second-order valence-corrected chi connectivity index (χ2v) is 10.3. The summed E-state index contributed by atoms with van der Waals surface area (Å²) in [6, 6.07) is 32.0. The molecule has 1 atom stereocenters. The van der Waals surface area contributed by atoms with Crippen LogP contribution in [0.4, 0.5) is 0 Å². The third-order valence-electron chi connectivity index (χ3n) is 7.44. The van der Waals surface area contributed by atoms with E-state index in [1.807, 2.05) is 78.9 Å². The summed E-state index contributed by atoms with van der Waals surface area (Å²) in [5.41, 5.74) is 9.69. The number of fused-ring (bicyclic) bond motifs is 1. The minimum atomic E-state index is -0.613. The van der Waals surface area contributed by atoms with Crippen molar-refractivity contribution in [3.05, 3.63) is 131 Å². The van der Waals surface area contributed by atoms with Crippen LogP contribution in [-0.4, -0.2) is 19.7 Å².